The number of nitrogens with two attached hydrogens (primary N) is 1. The van der Waals surface area contributed by atoms with Crippen LogP contribution in [0.15, 0.2) is 57.9 Å². The third-order valence-corrected chi connectivity index (χ3v) is 6.21. The molecular weight excluding hydrogens is 410 g/mol. The van der Waals surface area contributed by atoms with Crippen LogP contribution in [0.4, 0.5) is 5.69 Å². The van der Waals surface area contributed by atoms with Crippen LogP contribution in [0.2, 0.25) is 0 Å². The maximum atomic E-state index is 12.9. The molecule has 3 N–H and O–H groups in total. The molecule has 154 valence electrons. The number of anilines is 1. The van der Waals surface area contributed by atoms with Gasteiger partial charge in [-0.15, -0.1) is 0 Å². The van der Waals surface area contributed by atoms with Gasteiger partial charge in [-0.2, -0.15) is 0 Å². The summed E-state index contributed by atoms with van der Waals surface area (Å²) in [6.07, 6.45) is 1.28. The van der Waals surface area contributed by atoms with Crippen LogP contribution in [0, 0.1) is 0 Å². The first-order valence-electron chi connectivity index (χ1n) is 9.17. The van der Waals surface area contributed by atoms with Crippen LogP contribution < -0.4 is 19.9 Å². The van der Waals surface area contributed by atoms with Crippen molar-refractivity contribution in [3.05, 3.63) is 54.2 Å². The Bertz CT molecular complexity index is 1250. The molecule has 2 heterocycles. The average Bonchev–Trinajstić information content (AvgIpc) is 3.16. The van der Waals surface area contributed by atoms with E-state index in [1.54, 1.807) is 18.2 Å². The van der Waals surface area contributed by atoms with Crippen molar-refractivity contribution in [1.82, 2.24) is 5.16 Å². The lowest BCUT2D eigenvalue weighted by atomic mass is 10.00. The Balaban J connectivity index is 1.35. The number of benzene rings is 2. The molecule has 1 aliphatic carbocycles. The van der Waals surface area contributed by atoms with E-state index < -0.39 is 15.4 Å². The number of nitrogens with zero attached hydrogens (tertiary/aromatic N) is 1. The molecule has 30 heavy (non-hydrogen) atoms. The molecule has 3 aromatic rings. The molecule has 10 heteroatoms. The van der Waals surface area contributed by atoms with Gasteiger partial charge in [0.1, 0.15) is 0 Å². The second-order valence-electron chi connectivity index (χ2n) is 7.25. The summed E-state index contributed by atoms with van der Waals surface area (Å²) in [4.78, 5) is 12.9. The Morgan fingerprint density at radius 3 is 2.47 bits per heavy atom. The lowest BCUT2D eigenvalue weighted by molar-refractivity contribution is -0.118. The van der Waals surface area contributed by atoms with Gasteiger partial charge in [0.25, 0.3) is 0 Å². The number of ether oxygens (including phenoxy) is 2. The molecule has 1 aliphatic heterocycles. The molecule has 1 amide bonds. The topological polar surface area (TPSA) is 134 Å². The molecule has 0 atom stereocenters. The van der Waals surface area contributed by atoms with Crippen molar-refractivity contribution in [2.45, 2.75) is 23.2 Å². The molecule has 0 unspecified atom stereocenters. The standard InChI is InChI=1S/C20H17N3O6S/c21-30(25,26)14-4-2-13(3-5-14)22-19(24)20(7-8-20)18-10-16(29-23-18)12-1-6-15-17(9-12)28-11-27-15/h1-6,9-10H,7-8,11H2,(H,22,24)(H2,21,25,26). The van der Waals surface area contributed by atoms with Crippen LogP contribution in [0.1, 0.15) is 18.5 Å². The SMILES string of the molecule is NS(=O)(=O)c1ccc(NC(=O)C2(c3cc(-c4ccc5c(c4)OCO5)on3)CC2)cc1. The zero-order chi connectivity index (χ0) is 20.9. The number of carbonyl (C=O) groups is 1. The Kier molecular flexibility index (Phi) is 4.09. The Labute approximate surface area is 171 Å². The predicted molar refractivity (Wildman–Crippen MR) is 105 cm³/mol. The van der Waals surface area contributed by atoms with Gasteiger partial charge in [0.05, 0.1) is 16.0 Å². The van der Waals surface area contributed by atoms with Crippen LogP contribution in [0.5, 0.6) is 11.5 Å². The van der Waals surface area contributed by atoms with Gasteiger partial charge in [0, 0.05) is 17.3 Å². The van der Waals surface area contributed by atoms with Crippen molar-refractivity contribution >= 4 is 21.6 Å². The van der Waals surface area contributed by atoms with Gasteiger partial charge in [0.2, 0.25) is 22.7 Å². The van der Waals surface area contributed by atoms with E-state index >= 15 is 0 Å². The summed E-state index contributed by atoms with van der Waals surface area (Å²) in [5.74, 6) is 1.61. The summed E-state index contributed by atoms with van der Waals surface area (Å²) in [6.45, 7) is 0.182. The van der Waals surface area contributed by atoms with E-state index in [0.29, 0.717) is 41.5 Å². The fourth-order valence-electron chi connectivity index (χ4n) is 3.39. The van der Waals surface area contributed by atoms with Crippen LogP contribution in [-0.2, 0) is 20.2 Å². The smallest absolute Gasteiger partial charge is 0.238 e. The largest absolute Gasteiger partial charge is 0.454 e. The third-order valence-electron chi connectivity index (χ3n) is 5.28. The third kappa shape index (κ3) is 3.19. The lowest BCUT2D eigenvalue weighted by Crippen LogP contribution is -2.28. The van der Waals surface area contributed by atoms with Crippen LogP contribution in [-0.4, -0.2) is 26.3 Å². The highest BCUT2D eigenvalue weighted by molar-refractivity contribution is 7.89. The molecule has 1 saturated carbocycles. The first-order chi connectivity index (χ1) is 14.3. The molecule has 9 nitrogen and oxygen atoms in total. The molecule has 1 fully saturated rings. The minimum absolute atomic E-state index is 0.0218. The van der Waals surface area contributed by atoms with Crippen molar-refractivity contribution < 1.29 is 27.2 Å². The first kappa shape index (κ1) is 18.6. The minimum atomic E-state index is -3.79. The van der Waals surface area contributed by atoms with Crippen LogP contribution >= 0.6 is 0 Å². The summed E-state index contributed by atoms with van der Waals surface area (Å²) in [7, 11) is -3.79. The quantitative estimate of drug-likeness (QED) is 0.638. The van der Waals surface area contributed by atoms with Crippen molar-refractivity contribution in [2.24, 2.45) is 5.14 Å². The van der Waals surface area contributed by atoms with Crippen LogP contribution in [0.3, 0.4) is 0 Å². The Morgan fingerprint density at radius 1 is 1.03 bits per heavy atom. The number of sulfonamides is 1. The molecule has 1 aromatic heterocycles. The predicted octanol–water partition coefficient (Wildman–Crippen LogP) is 2.39. The summed E-state index contributed by atoms with van der Waals surface area (Å²) in [6, 6.07) is 12.9. The van der Waals surface area contributed by atoms with E-state index in [0.717, 1.165) is 5.56 Å². The second kappa shape index (κ2) is 6.57. The number of nitrogens with one attached hydrogen (secondary N) is 1. The average molecular weight is 427 g/mol. The van der Waals surface area contributed by atoms with E-state index in [2.05, 4.69) is 10.5 Å². The highest BCUT2D eigenvalue weighted by Crippen LogP contribution is 2.49. The Morgan fingerprint density at radius 2 is 1.77 bits per heavy atom. The number of hydrogen-bond donors (Lipinski definition) is 2. The molecule has 0 spiro atoms. The maximum absolute atomic E-state index is 12.9. The number of fused-ring (bicyclic) bond motifs is 1. The molecule has 5 rings (SSSR count). The van der Waals surface area contributed by atoms with Gasteiger partial charge in [-0.05, 0) is 55.3 Å². The molecular formula is C20H17N3O6S. The van der Waals surface area contributed by atoms with Crippen LogP contribution in [0.25, 0.3) is 11.3 Å². The van der Waals surface area contributed by atoms with Gasteiger partial charge in [-0.1, -0.05) is 5.16 Å². The Hall–Kier alpha value is -3.37. The highest BCUT2D eigenvalue weighted by Gasteiger charge is 2.53. The number of rotatable bonds is 5. The number of amides is 1. The molecule has 0 saturated heterocycles. The molecule has 0 bridgehead atoms. The molecule has 2 aromatic carbocycles. The summed E-state index contributed by atoms with van der Waals surface area (Å²) in [5, 5.41) is 12.0. The zero-order valence-corrected chi connectivity index (χ0v) is 16.4. The minimum Gasteiger partial charge on any atom is -0.454 e. The number of carbonyl (C=O) groups excluding carboxylic acids is 1. The van der Waals surface area contributed by atoms with Crippen molar-refractivity contribution in [3.8, 4) is 22.8 Å². The highest BCUT2D eigenvalue weighted by atomic mass is 32.2. The lowest BCUT2D eigenvalue weighted by Gasteiger charge is -2.12. The second-order valence-corrected chi connectivity index (χ2v) is 8.81. The number of primary sulfonamides is 1. The summed E-state index contributed by atoms with van der Waals surface area (Å²) < 4.78 is 38.9. The molecule has 0 radical (unpaired) electrons. The van der Waals surface area contributed by atoms with E-state index in [4.69, 9.17) is 19.1 Å². The van der Waals surface area contributed by atoms with Gasteiger partial charge < -0.3 is 19.3 Å². The zero-order valence-electron chi connectivity index (χ0n) is 15.6. The normalized spacial score (nSPS) is 16.3. The van der Waals surface area contributed by atoms with Gasteiger partial charge >= 0.3 is 0 Å². The van der Waals surface area contributed by atoms with Crippen molar-refractivity contribution in [3.63, 3.8) is 0 Å². The van der Waals surface area contributed by atoms with E-state index in [-0.39, 0.29) is 17.6 Å². The fraction of sp³-hybridized carbons (Fsp3) is 0.200. The van der Waals surface area contributed by atoms with Gasteiger partial charge in [-0.3, -0.25) is 4.79 Å². The van der Waals surface area contributed by atoms with Crippen molar-refractivity contribution in [1.29, 1.82) is 0 Å². The monoisotopic (exact) mass is 427 g/mol. The molecule has 2 aliphatic rings. The van der Waals surface area contributed by atoms with Gasteiger partial charge in [0.15, 0.2) is 17.3 Å². The summed E-state index contributed by atoms with van der Waals surface area (Å²) in [5.41, 5.74) is 1.02. The van der Waals surface area contributed by atoms with E-state index in [9.17, 15) is 13.2 Å². The summed E-state index contributed by atoms with van der Waals surface area (Å²) >= 11 is 0. The first-order valence-corrected chi connectivity index (χ1v) is 10.7. The van der Waals surface area contributed by atoms with E-state index in [1.165, 1.54) is 24.3 Å². The fourth-order valence-corrected chi connectivity index (χ4v) is 3.91. The van der Waals surface area contributed by atoms with E-state index in [1.807, 2.05) is 6.07 Å². The van der Waals surface area contributed by atoms with Gasteiger partial charge in [-0.25, -0.2) is 13.6 Å². The number of aromatic nitrogens is 1. The number of hydrogen-bond acceptors (Lipinski definition) is 7. The van der Waals surface area contributed by atoms with Crippen molar-refractivity contribution in [2.75, 3.05) is 12.1 Å². The maximum Gasteiger partial charge on any atom is 0.238 e.